The number of aryl methyl sites for hydroxylation is 1. The van der Waals surface area contributed by atoms with E-state index in [2.05, 4.69) is 14.5 Å². The third-order valence-electron chi connectivity index (χ3n) is 3.60. The molecule has 20 heavy (non-hydrogen) atoms. The summed E-state index contributed by atoms with van der Waals surface area (Å²) in [7, 11) is 0. The second kappa shape index (κ2) is 4.45. The molecule has 4 rings (SSSR count). The van der Waals surface area contributed by atoms with E-state index in [0.29, 0.717) is 0 Å². The Bertz CT molecular complexity index is 753. The number of aromatic nitrogens is 3. The van der Waals surface area contributed by atoms with Crippen LogP contribution in [0.4, 0.5) is 0 Å². The molecule has 0 amide bonds. The Morgan fingerprint density at radius 3 is 3.00 bits per heavy atom. The maximum absolute atomic E-state index is 5.82. The van der Waals surface area contributed by atoms with Crippen LogP contribution in [0.15, 0.2) is 34.9 Å². The van der Waals surface area contributed by atoms with E-state index in [1.165, 1.54) is 0 Å². The monoisotopic (exact) mass is 269 g/mol. The molecule has 3 aromatic rings. The SMILES string of the molecule is Cc1ccc(-c2nc3cccnc3n2C2CCCO2)o1. The lowest BCUT2D eigenvalue weighted by molar-refractivity contribution is 0.0603. The molecule has 0 aromatic carbocycles. The molecule has 4 heterocycles. The number of imidazole rings is 1. The maximum Gasteiger partial charge on any atom is 0.180 e. The standard InChI is InChI=1S/C15H15N3O2/c1-10-6-7-12(20-10)15-17-11-4-2-8-16-14(11)18(15)13-5-3-9-19-13/h2,4,6-8,13H,3,5,9H2,1H3. The summed E-state index contributed by atoms with van der Waals surface area (Å²) in [5.74, 6) is 2.42. The lowest BCUT2D eigenvalue weighted by Crippen LogP contribution is -2.09. The number of nitrogens with zero attached hydrogens (tertiary/aromatic N) is 3. The Balaban J connectivity index is 1.96. The summed E-state index contributed by atoms with van der Waals surface area (Å²) < 4.78 is 13.6. The first kappa shape index (κ1) is 11.7. The number of fused-ring (bicyclic) bond motifs is 1. The lowest BCUT2D eigenvalue weighted by Gasteiger charge is -2.14. The molecule has 0 N–H and O–H groups in total. The molecule has 1 unspecified atom stereocenters. The van der Waals surface area contributed by atoms with Gasteiger partial charge < -0.3 is 9.15 Å². The molecule has 1 aliphatic heterocycles. The zero-order chi connectivity index (χ0) is 13.5. The Morgan fingerprint density at radius 1 is 1.30 bits per heavy atom. The van der Waals surface area contributed by atoms with Crippen LogP contribution in [-0.4, -0.2) is 21.1 Å². The van der Waals surface area contributed by atoms with Crippen molar-refractivity contribution in [3.63, 3.8) is 0 Å². The van der Waals surface area contributed by atoms with Crippen molar-refractivity contribution >= 4 is 11.2 Å². The van der Waals surface area contributed by atoms with Crippen molar-refractivity contribution in [3.05, 3.63) is 36.2 Å². The Hall–Kier alpha value is -2.14. The average molecular weight is 269 g/mol. The third kappa shape index (κ3) is 1.74. The van der Waals surface area contributed by atoms with Gasteiger partial charge in [-0.25, -0.2) is 9.97 Å². The molecule has 0 spiro atoms. The first-order chi connectivity index (χ1) is 9.83. The maximum atomic E-state index is 5.82. The van der Waals surface area contributed by atoms with Crippen LogP contribution in [0.3, 0.4) is 0 Å². The number of hydrogen-bond acceptors (Lipinski definition) is 4. The highest BCUT2D eigenvalue weighted by atomic mass is 16.5. The summed E-state index contributed by atoms with van der Waals surface area (Å²) in [6.07, 6.45) is 3.82. The van der Waals surface area contributed by atoms with Crippen LogP contribution in [0.25, 0.3) is 22.7 Å². The molecule has 0 saturated carbocycles. The normalized spacial score (nSPS) is 18.9. The number of ether oxygens (including phenoxy) is 1. The quantitative estimate of drug-likeness (QED) is 0.716. The highest BCUT2D eigenvalue weighted by Gasteiger charge is 2.25. The molecule has 3 aromatic heterocycles. The second-order valence-corrected chi connectivity index (χ2v) is 5.03. The molecular formula is C15H15N3O2. The molecule has 5 heteroatoms. The van der Waals surface area contributed by atoms with Crippen LogP contribution < -0.4 is 0 Å². The van der Waals surface area contributed by atoms with E-state index in [1.54, 1.807) is 6.20 Å². The first-order valence-electron chi connectivity index (χ1n) is 6.84. The van der Waals surface area contributed by atoms with E-state index in [4.69, 9.17) is 9.15 Å². The Kier molecular flexibility index (Phi) is 2.60. The zero-order valence-electron chi connectivity index (χ0n) is 11.2. The molecule has 1 fully saturated rings. The van der Waals surface area contributed by atoms with Gasteiger partial charge in [0.25, 0.3) is 0 Å². The van der Waals surface area contributed by atoms with Gasteiger partial charge in [0.2, 0.25) is 0 Å². The molecule has 0 radical (unpaired) electrons. The fourth-order valence-electron chi connectivity index (χ4n) is 2.70. The summed E-state index contributed by atoms with van der Waals surface area (Å²) in [5, 5.41) is 0. The fraction of sp³-hybridized carbons (Fsp3) is 0.333. The van der Waals surface area contributed by atoms with E-state index in [-0.39, 0.29) is 6.23 Å². The lowest BCUT2D eigenvalue weighted by atomic mass is 10.3. The molecule has 0 aliphatic carbocycles. The summed E-state index contributed by atoms with van der Waals surface area (Å²) in [6.45, 7) is 2.72. The highest BCUT2D eigenvalue weighted by molar-refractivity contribution is 5.76. The van der Waals surface area contributed by atoms with Gasteiger partial charge in [-0.05, 0) is 44.0 Å². The third-order valence-corrected chi connectivity index (χ3v) is 3.60. The Morgan fingerprint density at radius 2 is 2.25 bits per heavy atom. The van der Waals surface area contributed by atoms with Crippen LogP contribution >= 0.6 is 0 Å². The number of rotatable bonds is 2. The molecule has 1 atom stereocenters. The van der Waals surface area contributed by atoms with Crippen LogP contribution in [-0.2, 0) is 4.74 Å². The molecule has 1 saturated heterocycles. The van der Waals surface area contributed by atoms with Gasteiger partial charge >= 0.3 is 0 Å². The van der Waals surface area contributed by atoms with Crippen LogP contribution in [0.2, 0.25) is 0 Å². The van der Waals surface area contributed by atoms with Gasteiger partial charge in [0.15, 0.2) is 17.2 Å². The molecule has 0 bridgehead atoms. The molecule has 5 nitrogen and oxygen atoms in total. The number of hydrogen-bond donors (Lipinski definition) is 0. The number of furan rings is 1. The second-order valence-electron chi connectivity index (χ2n) is 5.03. The minimum Gasteiger partial charge on any atom is -0.458 e. The average Bonchev–Trinajstić information content (AvgIpc) is 3.15. The minimum atomic E-state index is -0.00435. The summed E-state index contributed by atoms with van der Waals surface area (Å²) >= 11 is 0. The zero-order valence-corrected chi connectivity index (χ0v) is 11.2. The Labute approximate surface area is 116 Å². The van der Waals surface area contributed by atoms with Crippen LogP contribution in [0.1, 0.15) is 24.8 Å². The van der Waals surface area contributed by atoms with Crippen molar-refractivity contribution in [1.29, 1.82) is 0 Å². The summed E-state index contributed by atoms with van der Waals surface area (Å²) in [6, 6.07) is 7.75. The van der Waals surface area contributed by atoms with Gasteiger partial charge in [-0.3, -0.25) is 4.57 Å². The van der Waals surface area contributed by atoms with Gasteiger partial charge in [-0.15, -0.1) is 0 Å². The molecular weight excluding hydrogens is 254 g/mol. The van der Waals surface area contributed by atoms with Crippen LogP contribution in [0, 0.1) is 6.92 Å². The van der Waals surface area contributed by atoms with E-state index < -0.39 is 0 Å². The minimum absolute atomic E-state index is 0.00435. The van der Waals surface area contributed by atoms with Gasteiger partial charge in [0.1, 0.15) is 17.5 Å². The van der Waals surface area contributed by atoms with Crippen molar-refractivity contribution in [2.24, 2.45) is 0 Å². The van der Waals surface area contributed by atoms with Gasteiger partial charge in [0.05, 0.1) is 0 Å². The fourth-order valence-corrected chi connectivity index (χ4v) is 2.70. The van der Waals surface area contributed by atoms with Gasteiger partial charge in [-0.2, -0.15) is 0 Å². The van der Waals surface area contributed by atoms with Crippen molar-refractivity contribution in [2.45, 2.75) is 26.0 Å². The predicted octanol–water partition coefficient (Wildman–Crippen LogP) is 3.31. The predicted molar refractivity (Wildman–Crippen MR) is 74.2 cm³/mol. The van der Waals surface area contributed by atoms with Crippen LogP contribution in [0.5, 0.6) is 0 Å². The van der Waals surface area contributed by atoms with Crippen molar-refractivity contribution in [3.8, 4) is 11.6 Å². The van der Waals surface area contributed by atoms with Gasteiger partial charge in [0, 0.05) is 12.8 Å². The van der Waals surface area contributed by atoms with Gasteiger partial charge in [-0.1, -0.05) is 0 Å². The van der Waals surface area contributed by atoms with E-state index in [9.17, 15) is 0 Å². The largest absolute Gasteiger partial charge is 0.458 e. The molecule has 1 aliphatic rings. The first-order valence-corrected chi connectivity index (χ1v) is 6.84. The van der Waals surface area contributed by atoms with E-state index >= 15 is 0 Å². The molecule has 102 valence electrons. The summed E-state index contributed by atoms with van der Waals surface area (Å²) in [5.41, 5.74) is 1.72. The van der Waals surface area contributed by atoms with E-state index in [0.717, 1.165) is 48.0 Å². The highest BCUT2D eigenvalue weighted by Crippen LogP contribution is 2.33. The number of pyridine rings is 1. The van der Waals surface area contributed by atoms with Crippen molar-refractivity contribution in [2.75, 3.05) is 6.61 Å². The van der Waals surface area contributed by atoms with Crippen molar-refractivity contribution in [1.82, 2.24) is 14.5 Å². The topological polar surface area (TPSA) is 53.1 Å². The smallest absolute Gasteiger partial charge is 0.180 e. The summed E-state index contributed by atoms with van der Waals surface area (Å²) in [4.78, 5) is 9.13. The van der Waals surface area contributed by atoms with Crippen molar-refractivity contribution < 1.29 is 9.15 Å². The van der Waals surface area contributed by atoms with E-state index in [1.807, 2.05) is 31.2 Å².